The van der Waals surface area contributed by atoms with E-state index in [9.17, 15) is 0 Å². The van der Waals surface area contributed by atoms with E-state index >= 15 is 0 Å². The zero-order valence-electron chi connectivity index (χ0n) is 17.7. The molecule has 7 heteroatoms. The van der Waals surface area contributed by atoms with Crippen LogP contribution in [0.4, 0.5) is 5.82 Å². The van der Waals surface area contributed by atoms with Crippen molar-refractivity contribution >= 4 is 11.5 Å². The van der Waals surface area contributed by atoms with E-state index in [1.54, 1.807) is 21.3 Å². The Labute approximate surface area is 175 Å². The minimum atomic E-state index is 0.664. The second-order valence-corrected chi connectivity index (χ2v) is 6.95. The molecule has 30 heavy (non-hydrogen) atoms. The Kier molecular flexibility index (Phi) is 5.18. The highest BCUT2D eigenvalue weighted by Gasteiger charge is 2.17. The summed E-state index contributed by atoms with van der Waals surface area (Å²) in [6.07, 6.45) is 3.83. The Morgan fingerprint density at radius 3 is 2.30 bits per heavy atom. The van der Waals surface area contributed by atoms with Crippen LogP contribution in [0.3, 0.4) is 0 Å². The van der Waals surface area contributed by atoms with Crippen molar-refractivity contribution in [3.05, 3.63) is 54.9 Å². The van der Waals surface area contributed by atoms with Crippen LogP contribution in [0.1, 0.15) is 0 Å². The molecular weight excluding hydrogens is 380 g/mol. The number of fused-ring (bicyclic) bond motifs is 1. The molecule has 2 aromatic heterocycles. The highest BCUT2D eigenvalue weighted by molar-refractivity contribution is 5.77. The van der Waals surface area contributed by atoms with E-state index in [4.69, 9.17) is 19.2 Å². The first kappa shape index (κ1) is 19.6. The fraction of sp³-hybridized carbons (Fsp3) is 0.217. The number of hydrogen-bond donors (Lipinski definition) is 0. The van der Waals surface area contributed by atoms with Crippen molar-refractivity contribution < 1.29 is 14.2 Å². The highest BCUT2D eigenvalue weighted by atomic mass is 16.5. The molecule has 0 aliphatic carbocycles. The third-order valence-electron chi connectivity index (χ3n) is 4.96. The fourth-order valence-electron chi connectivity index (χ4n) is 3.47. The summed E-state index contributed by atoms with van der Waals surface area (Å²) >= 11 is 0. The standard InChI is InChI=1S/C23H24N4O3/c1-26(2)23-22-24-13-18(15-10-11-20(29-4)21(12-15)30-5)27(22)14-17(25-23)16-8-6-7-9-19(16)28-3/h6-14H,1-5H3. The topological polar surface area (TPSA) is 61.1 Å². The molecule has 154 valence electrons. The number of nitrogens with zero attached hydrogens (tertiary/aromatic N) is 4. The Morgan fingerprint density at radius 1 is 0.867 bits per heavy atom. The summed E-state index contributed by atoms with van der Waals surface area (Å²) in [6, 6.07) is 13.7. The van der Waals surface area contributed by atoms with Gasteiger partial charge in [-0.2, -0.15) is 0 Å². The number of aromatic nitrogens is 3. The Balaban J connectivity index is 1.97. The van der Waals surface area contributed by atoms with Crippen LogP contribution in [-0.4, -0.2) is 49.8 Å². The molecule has 4 rings (SSSR count). The third-order valence-corrected chi connectivity index (χ3v) is 4.96. The van der Waals surface area contributed by atoms with Crippen LogP contribution >= 0.6 is 0 Å². The lowest BCUT2D eigenvalue weighted by Gasteiger charge is -2.16. The number of benzene rings is 2. The minimum Gasteiger partial charge on any atom is -0.496 e. The number of imidazole rings is 1. The molecule has 0 amide bonds. The van der Waals surface area contributed by atoms with Gasteiger partial charge in [0, 0.05) is 31.4 Å². The maximum Gasteiger partial charge on any atom is 0.180 e. The van der Waals surface area contributed by atoms with E-state index in [0.29, 0.717) is 11.5 Å². The number of ether oxygens (including phenoxy) is 3. The van der Waals surface area contributed by atoms with Crippen molar-refractivity contribution in [1.82, 2.24) is 14.4 Å². The first-order chi connectivity index (χ1) is 14.6. The number of hydrogen-bond acceptors (Lipinski definition) is 6. The van der Waals surface area contributed by atoms with Gasteiger partial charge in [0.1, 0.15) is 5.75 Å². The van der Waals surface area contributed by atoms with Crippen LogP contribution in [0.25, 0.3) is 28.2 Å². The largest absolute Gasteiger partial charge is 0.496 e. The van der Waals surface area contributed by atoms with Crippen molar-refractivity contribution in [2.75, 3.05) is 40.3 Å². The summed E-state index contributed by atoms with van der Waals surface area (Å²) in [5.74, 6) is 2.88. The molecule has 0 fully saturated rings. The average Bonchev–Trinajstić information content (AvgIpc) is 3.21. The van der Waals surface area contributed by atoms with Crippen molar-refractivity contribution in [2.45, 2.75) is 0 Å². The zero-order valence-corrected chi connectivity index (χ0v) is 17.7. The molecule has 0 aliphatic rings. The van der Waals surface area contributed by atoms with Gasteiger partial charge in [0.25, 0.3) is 0 Å². The van der Waals surface area contributed by atoms with Gasteiger partial charge in [0.15, 0.2) is 23.0 Å². The molecule has 7 nitrogen and oxygen atoms in total. The molecular formula is C23H24N4O3. The van der Waals surface area contributed by atoms with Gasteiger partial charge >= 0.3 is 0 Å². The van der Waals surface area contributed by atoms with Crippen molar-refractivity contribution in [3.8, 4) is 39.8 Å². The summed E-state index contributed by atoms with van der Waals surface area (Å²) < 4.78 is 18.5. The van der Waals surface area contributed by atoms with Gasteiger partial charge in [-0.05, 0) is 30.3 Å². The van der Waals surface area contributed by atoms with Gasteiger partial charge in [-0.15, -0.1) is 0 Å². The van der Waals surface area contributed by atoms with Crippen molar-refractivity contribution in [3.63, 3.8) is 0 Å². The van der Waals surface area contributed by atoms with Crippen LogP contribution in [0.2, 0.25) is 0 Å². The van der Waals surface area contributed by atoms with Crippen molar-refractivity contribution in [1.29, 1.82) is 0 Å². The van der Waals surface area contributed by atoms with Gasteiger partial charge in [-0.1, -0.05) is 12.1 Å². The number of anilines is 1. The Hall–Kier alpha value is -3.74. The van der Waals surface area contributed by atoms with E-state index in [0.717, 1.165) is 39.7 Å². The predicted octanol–water partition coefficient (Wildman–Crippen LogP) is 4.16. The first-order valence-corrected chi connectivity index (χ1v) is 9.48. The maximum absolute atomic E-state index is 5.56. The lowest BCUT2D eigenvalue weighted by molar-refractivity contribution is 0.355. The van der Waals surface area contributed by atoms with E-state index in [-0.39, 0.29) is 0 Å². The molecule has 0 spiro atoms. The molecule has 0 radical (unpaired) electrons. The van der Waals surface area contributed by atoms with E-state index in [1.807, 2.05) is 78.3 Å². The highest BCUT2D eigenvalue weighted by Crippen LogP contribution is 2.35. The average molecular weight is 404 g/mol. The quantitative estimate of drug-likeness (QED) is 0.481. The first-order valence-electron chi connectivity index (χ1n) is 9.48. The molecule has 0 saturated carbocycles. The number of rotatable bonds is 6. The second-order valence-electron chi connectivity index (χ2n) is 6.95. The van der Waals surface area contributed by atoms with Gasteiger partial charge in [-0.3, -0.25) is 4.40 Å². The Morgan fingerprint density at radius 2 is 1.60 bits per heavy atom. The lowest BCUT2D eigenvalue weighted by atomic mass is 10.1. The summed E-state index contributed by atoms with van der Waals surface area (Å²) in [6.45, 7) is 0. The number of para-hydroxylation sites is 1. The minimum absolute atomic E-state index is 0.664. The fourth-order valence-corrected chi connectivity index (χ4v) is 3.47. The molecule has 0 bridgehead atoms. The van der Waals surface area contributed by atoms with Gasteiger partial charge in [0.05, 0.1) is 38.9 Å². The van der Waals surface area contributed by atoms with Gasteiger partial charge in [-0.25, -0.2) is 9.97 Å². The summed E-state index contributed by atoms with van der Waals surface area (Å²) in [5, 5.41) is 0. The lowest BCUT2D eigenvalue weighted by Crippen LogP contribution is -2.13. The van der Waals surface area contributed by atoms with E-state index in [2.05, 4.69) is 4.98 Å². The molecule has 2 aromatic carbocycles. The maximum atomic E-state index is 5.56. The molecule has 0 N–H and O–H groups in total. The van der Waals surface area contributed by atoms with Crippen LogP contribution in [-0.2, 0) is 0 Å². The molecule has 4 aromatic rings. The Bertz CT molecular complexity index is 1200. The summed E-state index contributed by atoms with van der Waals surface area (Å²) in [7, 11) is 8.83. The summed E-state index contributed by atoms with van der Waals surface area (Å²) in [4.78, 5) is 11.5. The zero-order chi connectivity index (χ0) is 21.3. The van der Waals surface area contributed by atoms with Gasteiger partial charge < -0.3 is 19.1 Å². The van der Waals surface area contributed by atoms with Gasteiger partial charge in [0.2, 0.25) is 0 Å². The smallest absolute Gasteiger partial charge is 0.180 e. The predicted molar refractivity (Wildman–Crippen MR) is 118 cm³/mol. The molecule has 2 heterocycles. The second kappa shape index (κ2) is 7.94. The van der Waals surface area contributed by atoms with Crippen LogP contribution in [0.15, 0.2) is 54.9 Å². The van der Waals surface area contributed by atoms with Crippen LogP contribution < -0.4 is 19.1 Å². The summed E-state index contributed by atoms with van der Waals surface area (Å²) in [5.41, 5.74) is 4.36. The number of methoxy groups -OCH3 is 3. The van der Waals surface area contributed by atoms with Crippen LogP contribution in [0, 0.1) is 0 Å². The van der Waals surface area contributed by atoms with Crippen molar-refractivity contribution in [2.24, 2.45) is 0 Å². The SMILES string of the molecule is COc1ccc(-c2cnc3c(N(C)C)nc(-c4ccccc4OC)cn23)cc1OC. The van der Waals surface area contributed by atoms with E-state index in [1.165, 1.54) is 0 Å². The molecule has 0 saturated heterocycles. The molecule has 0 unspecified atom stereocenters. The van der Waals surface area contributed by atoms with E-state index < -0.39 is 0 Å². The molecule has 0 atom stereocenters. The van der Waals surface area contributed by atoms with Crippen LogP contribution in [0.5, 0.6) is 17.2 Å². The third kappa shape index (κ3) is 3.28. The normalized spacial score (nSPS) is 10.8. The monoisotopic (exact) mass is 404 g/mol. The molecule has 0 aliphatic heterocycles.